The molecule has 0 N–H and O–H groups in total. The minimum absolute atomic E-state index is 0.408. The zero-order valence-electron chi connectivity index (χ0n) is 18.6. The van der Waals surface area contributed by atoms with Crippen molar-refractivity contribution in [3.8, 4) is 0 Å². The van der Waals surface area contributed by atoms with Gasteiger partial charge in [-0.3, -0.25) is 0 Å². The Kier molecular flexibility index (Phi) is 7.08. The van der Waals surface area contributed by atoms with E-state index < -0.39 is 40.2 Å². The quantitative estimate of drug-likeness (QED) is 0.401. The average molecular weight is 485 g/mol. The van der Waals surface area contributed by atoms with Gasteiger partial charge in [0.1, 0.15) is 0 Å². The van der Waals surface area contributed by atoms with Crippen LogP contribution in [0.3, 0.4) is 0 Å². The highest BCUT2D eigenvalue weighted by molar-refractivity contribution is 8.10. The third-order valence-electron chi connectivity index (χ3n) is 5.34. The van der Waals surface area contributed by atoms with Crippen LogP contribution in [-0.4, -0.2) is 21.2 Å². The molecular formula is C26H25FO4S2. The molecule has 4 nitrogen and oxygen atoms in total. The summed E-state index contributed by atoms with van der Waals surface area (Å²) in [6.07, 6.45) is 1.82. The number of rotatable bonds is 7. The van der Waals surface area contributed by atoms with E-state index in [1.165, 1.54) is 48.5 Å². The molecule has 0 atom stereocenters. The van der Waals surface area contributed by atoms with Crippen molar-refractivity contribution in [3.05, 3.63) is 107 Å². The fraction of sp³-hybridized carbons (Fsp3) is 0.192. The van der Waals surface area contributed by atoms with Crippen molar-refractivity contribution < 1.29 is 21.2 Å². The second kappa shape index (κ2) is 9.48. The van der Waals surface area contributed by atoms with Gasteiger partial charge in [-0.2, -0.15) is 0 Å². The van der Waals surface area contributed by atoms with Crippen LogP contribution in [0.4, 0.5) is 4.39 Å². The Labute approximate surface area is 195 Å². The summed E-state index contributed by atoms with van der Waals surface area (Å²) in [7, 11) is -9.83. The summed E-state index contributed by atoms with van der Waals surface area (Å²) in [5.74, 6) is 0. The molecular weight excluding hydrogens is 459 g/mol. The molecule has 0 amide bonds. The fourth-order valence-corrected chi connectivity index (χ4v) is 7.73. The Morgan fingerprint density at radius 1 is 0.788 bits per heavy atom. The van der Waals surface area contributed by atoms with E-state index in [1.807, 2.05) is 32.9 Å². The van der Waals surface area contributed by atoms with E-state index in [4.69, 9.17) is 0 Å². The predicted molar refractivity (Wildman–Crippen MR) is 129 cm³/mol. The van der Waals surface area contributed by atoms with Gasteiger partial charge in [0.25, 0.3) is 0 Å². The lowest BCUT2D eigenvalue weighted by Gasteiger charge is -2.24. The molecule has 0 bridgehead atoms. The molecule has 0 spiro atoms. The first-order valence-corrected chi connectivity index (χ1v) is 13.2. The molecule has 172 valence electrons. The molecule has 3 aromatic rings. The van der Waals surface area contributed by atoms with Gasteiger partial charge in [0.05, 0.1) is 9.79 Å². The Balaban J connectivity index is 2.12. The molecule has 0 radical (unpaired) electrons. The first-order chi connectivity index (χ1) is 15.5. The molecule has 0 aliphatic rings. The van der Waals surface area contributed by atoms with Crippen LogP contribution in [0.1, 0.15) is 28.7 Å². The number of aryl methyl sites for hydroxylation is 3. The van der Waals surface area contributed by atoms with Gasteiger partial charge in [0, 0.05) is 6.42 Å². The first kappa shape index (κ1) is 24.6. The third-order valence-corrected chi connectivity index (χ3v) is 10.4. The molecule has 0 fully saturated rings. The Hall–Kier alpha value is -2.99. The van der Waals surface area contributed by atoms with E-state index >= 15 is 4.39 Å². The number of sulfone groups is 2. The largest absolute Gasteiger partial charge is 0.321 e. The highest BCUT2D eigenvalue weighted by atomic mass is 32.3. The topological polar surface area (TPSA) is 68.3 Å². The van der Waals surface area contributed by atoms with Gasteiger partial charge < -0.3 is 0 Å². The lowest BCUT2D eigenvalue weighted by molar-refractivity contribution is 0.358. The van der Waals surface area contributed by atoms with Crippen molar-refractivity contribution in [2.24, 2.45) is 0 Å². The lowest BCUT2D eigenvalue weighted by Crippen LogP contribution is -2.42. The average Bonchev–Trinajstić information content (AvgIpc) is 2.78. The molecule has 0 unspecified atom stereocenters. The SMILES string of the molecule is Cc1cc(C)c(C=C=CCC(F)(S(=O)(=O)c2ccccc2)S(=O)(=O)c2ccccc2)c(C)c1. The van der Waals surface area contributed by atoms with Gasteiger partial charge in [0.2, 0.25) is 19.7 Å². The summed E-state index contributed by atoms with van der Waals surface area (Å²) in [6.45, 7) is 5.82. The fourth-order valence-electron chi connectivity index (χ4n) is 3.66. The van der Waals surface area contributed by atoms with Gasteiger partial charge >= 0.3 is 4.33 Å². The maximum atomic E-state index is 16.4. The Morgan fingerprint density at radius 3 is 1.64 bits per heavy atom. The summed E-state index contributed by atoms with van der Waals surface area (Å²) >= 11 is 0. The van der Waals surface area contributed by atoms with Crippen LogP contribution in [0.25, 0.3) is 6.08 Å². The zero-order valence-corrected chi connectivity index (χ0v) is 20.3. The monoisotopic (exact) mass is 484 g/mol. The van der Waals surface area contributed by atoms with E-state index in [1.54, 1.807) is 18.2 Å². The van der Waals surface area contributed by atoms with Crippen LogP contribution < -0.4 is 0 Å². The highest BCUT2D eigenvalue weighted by Crippen LogP contribution is 2.40. The molecule has 0 heterocycles. The van der Waals surface area contributed by atoms with E-state index in [9.17, 15) is 16.8 Å². The van der Waals surface area contributed by atoms with Crippen LogP contribution in [0.15, 0.2) is 94.4 Å². The Bertz CT molecular complexity index is 1330. The standard InChI is InChI=1S/C26H25FO4S2/c1-20-18-21(2)25(22(3)19-20)16-10-11-17-26(27,32(28,29)23-12-6-4-7-13-23)33(30,31)24-14-8-5-9-15-24/h4-9,11-16,18-19H,17H2,1-3H3. The number of halogens is 1. The van der Waals surface area contributed by atoms with Gasteiger partial charge in [0.15, 0.2) is 0 Å². The van der Waals surface area contributed by atoms with Gasteiger partial charge in [-0.1, -0.05) is 54.1 Å². The highest BCUT2D eigenvalue weighted by Gasteiger charge is 2.56. The molecule has 0 aliphatic carbocycles. The molecule has 33 heavy (non-hydrogen) atoms. The van der Waals surface area contributed by atoms with E-state index in [-0.39, 0.29) is 0 Å². The van der Waals surface area contributed by atoms with Crippen molar-refractivity contribution in [1.29, 1.82) is 0 Å². The summed E-state index contributed by atoms with van der Waals surface area (Å²) in [4.78, 5) is -0.816. The van der Waals surface area contributed by atoms with Crippen molar-refractivity contribution in [3.63, 3.8) is 0 Å². The maximum absolute atomic E-state index is 16.4. The number of hydrogen-bond acceptors (Lipinski definition) is 4. The first-order valence-electron chi connectivity index (χ1n) is 10.3. The molecule has 3 rings (SSSR count). The molecule has 0 aliphatic heterocycles. The van der Waals surface area contributed by atoms with Gasteiger partial charge in [-0.15, -0.1) is 5.73 Å². The number of benzene rings is 3. The lowest BCUT2D eigenvalue weighted by atomic mass is 10.00. The van der Waals surface area contributed by atoms with Gasteiger partial charge in [-0.25, -0.2) is 21.2 Å². The van der Waals surface area contributed by atoms with Crippen LogP contribution in [0, 0.1) is 20.8 Å². The predicted octanol–water partition coefficient (Wildman–Crippen LogP) is 5.74. The molecule has 0 saturated heterocycles. The molecule has 0 saturated carbocycles. The van der Waals surface area contributed by atoms with Crippen LogP contribution in [0.2, 0.25) is 0 Å². The van der Waals surface area contributed by atoms with Crippen LogP contribution in [0.5, 0.6) is 0 Å². The summed E-state index contributed by atoms with van der Waals surface area (Å²) in [5.41, 5.74) is 6.70. The zero-order chi connectivity index (χ0) is 24.3. The summed E-state index contributed by atoms with van der Waals surface area (Å²) < 4.78 is 65.9. The van der Waals surface area contributed by atoms with Crippen molar-refractivity contribution >= 4 is 25.8 Å². The Morgan fingerprint density at radius 2 is 1.21 bits per heavy atom. The minimum atomic E-state index is -4.91. The summed E-state index contributed by atoms with van der Waals surface area (Å²) in [5, 5.41) is 0. The second-order valence-electron chi connectivity index (χ2n) is 7.82. The molecule has 7 heteroatoms. The van der Waals surface area contributed by atoms with Crippen molar-refractivity contribution in [2.75, 3.05) is 0 Å². The summed E-state index contributed by atoms with van der Waals surface area (Å²) in [6, 6.07) is 17.5. The van der Waals surface area contributed by atoms with E-state index in [0.29, 0.717) is 0 Å². The van der Waals surface area contributed by atoms with E-state index in [2.05, 4.69) is 5.73 Å². The minimum Gasteiger partial charge on any atom is -0.219 e. The second-order valence-corrected chi connectivity index (χ2v) is 12.3. The van der Waals surface area contributed by atoms with E-state index in [0.717, 1.165) is 28.3 Å². The molecule has 3 aromatic carbocycles. The number of allylic oxidation sites excluding steroid dienone is 1. The third kappa shape index (κ3) is 4.71. The normalized spacial score (nSPS) is 12.1. The smallest absolute Gasteiger partial charge is 0.219 e. The van der Waals surface area contributed by atoms with Crippen molar-refractivity contribution in [1.82, 2.24) is 0 Å². The van der Waals surface area contributed by atoms with Crippen LogP contribution in [-0.2, 0) is 19.7 Å². The number of alkyl halides is 1. The van der Waals surface area contributed by atoms with Gasteiger partial charge in [-0.05, 0) is 73.9 Å². The number of hydrogen-bond donors (Lipinski definition) is 0. The maximum Gasteiger partial charge on any atom is 0.321 e. The van der Waals surface area contributed by atoms with Crippen molar-refractivity contribution in [2.45, 2.75) is 41.3 Å². The molecule has 0 aromatic heterocycles. The van der Waals surface area contributed by atoms with Crippen LogP contribution >= 0.6 is 0 Å².